The van der Waals surface area contributed by atoms with Crippen LogP contribution in [-0.4, -0.2) is 45.3 Å². The fourth-order valence-corrected chi connectivity index (χ4v) is 4.74. The molecule has 1 aromatic carbocycles. The Bertz CT molecular complexity index is 1320. The maximum atomic E-state index is 12.9. The van der Waals surface area contributed by atoms with E-state index in [0.717, 1.165) is 28.1 Å². The van der Waals surface area contributed by atoms with E-state index >= 15 is 0 Å². The van der Waals surface area contributed by atoms with Crippen LogP contribution in [-0.2, 0) is 0 Å². The molecular weight excluding hydrogens is 440 g/mol. The topological polar surface area (TPSA) is 107 Å². The summed E-state index contributed by atoms with van der Waals surface area (Å²) in [4.78, 5) is 12.9. The van der Waals surface area contributed by atoms with E-state index in [1.807, 2.05) is 33.6 Å². The zero-order valence-corrected chi connectivity index (χ0v) is 19.8. The van der Waals surface area contributed by atoms with E-state index < -0.39 is 6.10 Å². The molecule has 33 heavy (non-hydrogen) atoms. The average molecular weight is 465 g/mol. The van der Waals surface area contributed by atoms with E-state index in [-0.39, 0.29) is 11.3 Å². The molecule has 4 heterocycles. The summed E-state index contributed by atoms with van der Waals surface area (Å²) >= 11 is 1.57. The Morgan fingerprint density at radius 1 is 1.30 bits per heavy atom. The Labute approximate surface area is 194 Å². The number of carbonyl (C=O) groups excluding carboxylic acids is 1. The molecule has 0 fully saturated rings. The molecule has 0 saturated carbocycles. The molecule has 170 valence electrons. The van der Waals surface area contributed by atoms with Gasteiger partial charge in [-0.3, -0.25) is 9.89 Å². The Kier molecular flexibility index (Phi) is 4.97. The molecule has 2 N–H and O–H groups in total. The van der Waals surface area contributed by atoms with Crippen LogP contribution in [0.1, 0.15) is 42.9 Å². The Morgan fingerprint density at radius 3 is 2.73 bits per heavy atom. The number of amides is 1. The summed E-state index contributed by atoms with van der Waals surface area (Å²) in [5.74, 6) is 1.02. The number of nitrogens with zero attached hydrogens (tertiary/aromatic N) is 4. The molecule has 0 bridgehead atoms. The first-order valence-electron chi connectivity index (χ1n) is 10.5. The predicted octanol–water partition coefficient (Wildman–Crippen LogP) is 4.23. The molecule has 1 amide bonds. The molecular formula is C23H24N6O3S. The van der Waals surface area contributed by atoms with Gasteiger partial charge >= 0.3 is 0 Å². The van der Waals surface area contributed by atoms with Gasteiger partial charge in [0, 0.05) is 35.0 Å². The first kappa shape index (κ1) is 21.2. The van der Waals surface area contributed by atoms with Crippen molar-refractivity contribution in [3.63, 3.8) is 0 Å². The third kappa shape index (κ3) is 3.37. The van der Waals surface area contributed by atoms with Crippen molar-refractivity contribution in [2.45, 2.75) is 26.9 Å². The van der Waals surface area contributed by atoms with Gasteiger partial charge in [0.2, 0.25) is 0 Å². The molecule has 0 saturated heterocycles. The number of benzene rings is 1. The predicted molar refractivity (Wildman–Crippen MR) is 125 cm³/mol. The molecule has 3 aromatic heterocycles. The van der Waals surface area contributed by atoms with Crippen LogP contribution in [0.4, 0.5) is 0 Å². The number of aromatic amines is 1. The Hall–Kier alpha value is -3.66. The zero-order valence-electron chi connectivity index (χ0n) is 19.0. The van der Waals surface area contributed by atoms with Crippen LogP contribution in [0.2, 0.25) is 0 Å². The summed E-state index contributed by atoms with van der Waals surface area (Å²) in [5, 5.41) is 22.2. The fraction of sp³-hybridized carbons (Fsp3) is 0.304. The highest BCUT2D eigenvalue weighted by molar-refractivity contribution is 7.08. The van der Waals surface area contributed by atoms with Crippen LogP contribution in [0, 0.1) is 5.41 Å². The van der Waals surface area contributed by atoms with Crippen molar-refractivity contribution < 1.29 is 14.3 Å². The monoisotopic (exact) mass is 464 g/mol. The number of thiophene rings is 1. The number of methoxy groups -OCH3 is 1. The van der Waals surface area contributed by atoms with Crippen molar-refractivity contribution in [1.29, 1.82) is 0 Å². The van der Waals surface area contributed by atoms with Gasteiger partial charge in [0.15, 0.2) is 5.69 Å². The molecule has 5 rings (SSSR count). The second-order valence-corrected chi connectivity index (χ2v) is 9.63. The highest BCUT2D eigenvalue weighted by atomic mass is 32.1. The molecule has 1 atom stereocenters. The largest absolute Gasteiger partial charge is 0.496 e. The van der Waals surface area contributed by atoms with Crippen molar-refractivity contribution in [3.8, 4) is 39.7 Å². The lowest BCUT2D eigenvalue weighted by atomic mass is 9.80. The SMILES string of the molecule is CNC(=O)c1nn(-c2ccsc2)c2c1C(C(C)(C)C)Oc1cc(OC)c(-c3c[nH]nn3)cc1-2. The van der Waals surface area contributed by atoms with E-state index in [1.54, 1.807) is 31.7 Å². The van der Waals surface area contributed by atoms with Gasteiger partial charge < -0.3 is 14.8 Å². The van der Waals surface area contributed by atoms with Crippen molar-refractivity contribution in [1.82, 2.24) is 30.5 Å². The second-order valence-electron chi connectivity index (χ2n) is 8.85. The molecule has 4 aromatic rings. The van der Waals surface area contributed by atoms with Gasteiger partial charge in [0.05, 0.1) is 30.3 Å². The number of aromatic nitrogens is 5. The maximum absolute atomic E-state index is 12.9. The molecule has 1 unspecified atom stereocenters. The molecule has 0 radical (unpaired) electrons. The molecule has 1 aliphatic heterocycles. The summed E-state index contributed by atoms with van der Waals surface area (Å²) in [5.41, 5.74) is 4.70. The number of H-pyrrole nitrogens is 1. The smallest absolute Gasteiger partial charge is 0.271 e. The van der Waals surface area contributed by atoms with E-state index in [4.69, 9.17) is 14.6 Å². The minimum absolute atomic E-state index is 0.258. The van der Waals surface area contributed by atoms with Crippen LogP contribution < -0.4 is 14.8 Å². The van der Waals surface area contributed by atoms with Gasteiger partial charge in [-0.2, -0.15) is 16.4 Å². The van der Waals surface area contributed by atoms with E-state index in [9.17, 15) is 4.79 Å². The van der Waals surface area contributed by atoms with Gasteiger partial charge in [0.25, 0.3) is 5.91 Å². The van der Waals surface area contributed by atoms with Crippen LogP contribution in [0.25, 0.3) is 28.2 Å². The maximum Gasteiger partial charge on any atom is 0.271 e. The van der Waals surface area contributed by atoms with Gasteiger partial charge in [-0.1, -0.05) is 26.0 Å². The quantitative estimate of drug-likeness (QED) is 0.468. The summed E-state index contributed by atoms with van der Waals surface area (Å²) in [6.07, 6.45) is 1.31. The molecule has 10 heteroatoms. The number of fused-ring (bicyclic) bond motifs is 3. The molecule has 0 spiro atoms. The zero-order chi connectivity index (χ0) is 23.3. The van der Waals surface area contributed by atoms with Crippen LogP contribution in [0.3, 0.4) is 0 Å². The number of carbonyl (C=O) groups is 1. The third-order valence-corrected chi connectivity index (χ3v) is 6.33. The minimum atomic E-state index is -0.401. The lowest BCUT2D eigenvalue weighted by molar-refractivity contribution is 0.0806. The summed E-state index contributed by atoms with van der Waals surface area (Å²) in [7, 11) is 3.22. The third-order valence-electron chi connectivity index (χ3n) is 5.66. The van der Waals surface area contributed by atoms with Crippen molar-refractivity contribution in [2.24, 2.45) is 5.41 Å². The van der Waals surface area contributed by atoms with Gasteiger partial charge in [0.1, 0.15) is 23.3 Å². The van der Waals surface area contributed by atoms with Crippen molar-refractivity contribution in [3.05, 3.63) is 46.4 Å². The number of hydrogen-bond acceptors (Lipinski definition) is 7. The highest BCUT2D eigenvalue weighted by Gasteiger charge is 2.42. The number of hydrogen-bond donors (Lipinski definition) is 2. The van der Waals surface area contributed by atoms with Crippen molar-refractivity contribution in [2.75, 3.05) is 14.2 Å². The van der Waals surface area contributed by atoms with Gasteiger partial charge in [-0.15, -0.1) is 5.10 Å². The summed E-state index contributed by atoms with van der Waals surface area (Å²) in [6.45, 7) is 6.26. The minimum Gasteiger partial charge on any atom is -0.496 e. The first-order valence-corrected chi connectivity index (χ1v) is 11.4. The van der Waals surface area contributed by atoms with Gasteiger partial charge in [-0.25, -0.2) is 4.68 Å². The summed E-state index contributed by atoms with van der Waals surface area (Å²) < 4.78 is 14.0. The Morgan fingerprint density at radius 2 is 2.12 bits per heavy atom. The summed E-state index contributed by atoms with van der Waals surface area (Å²) in [6, 6.07) is 5.81. The number of ether oxygens (including phenoxy) is 2. The van der Waals surface area contributed by atoms with Crippen molar-refractivity contribution >= 4 is 17.2 Å². The Balaban J connectivity index is 1.87. The molecule has 1 aliphatic rings. The lowest BCUT2D eigenvalue weighted by Gasteiger charge is -2.36. The van der Waals surface area contributed by atoms with Crippen LogP contribution in [0.15, 0.2) is 35.2 Å². The van der Waals surface area contributed by atoms with E-state index in [1.165, 1.54) is 0 Å². The van der Waals surface area contributed by atoms with Crippen LogP contribution >= 0.6 is 11.3 Å². The standard InChI is InChI=1S/C23H24N6O3S/c1-23(2,3)21-18-19(22(30)24-4)27-29(12-6-7-33-11-12)20(18)14-8-13(15-10-25-28-26-15)16(31-5)9-17(14)32-21/h6-11,21H,1-5H3,(H,24,30)(H,25,26,28). The average Bonchev–Trinajstić information content (AvgIpc) is 3.56. The molecule has 9 nitrogen and oxygen atoms in total. The second kappa shape index (κ2) is 7.73. The number of nitrogens with one attached hydrogen (secondary N) is 2. The van der Waals surface area contributed by atoms with Crippen LogP contribution in [0.5, 0.6) is 11.5 Å². The van der Waals surface area contributed by atoms with E-state index in [0.29, 0.717) is 22.9 Å². The first-order chi connectivity index (χ1) is 15.8. The fourth-order valence-electron chi connectivity index (χ4n) is 4.13. The molecule has 0 aliphatic carbocycles. The normalized spacial score (nSPS) is 14.9. The number of rotatable bonds is 4. The highest BCUT2D eigenvalue weighted by Crippen LogP contribution is 2.52. The van der Waals surface area contributed by atoms with Gasteiger partial charge in [-0.05, 0) is 17.5 Å². The van der Waals surface area contributed by atoms with E-state index in [2.05, 4.69) is 41.5 Å². The lowest BCUT2D eigenvalue weighted by Crippen LogP contribution is -2.30.